The van der Waals surface area contributed by atoms with Gasteiger partial charge in [-0.25, -0.2) is 18.4 Å². The molecule has 32 heavy (non-hydrogen) atoms. The molecular formula is C22H26N4O3S3. The van der Waals surface area contributed by atoms with E-state index in [0.717, 1.165) is 46.5 Å². The van der Waals surface area contributed by atoms with Gasteiger partial charge in [-0.05, 0) is 56.5 Å². The van der Waals surface area contributed by atoms with Crippen LogP contribution in [0.2, 0.25) is 0 Å². The van der Waals surface area contributed by atoms with Gasteiger partial charge >= 0.3 is 0 Å². The zero-order chi connectivity index (χ0) is 22.7. The smallest absolute Gasteiger partial charge is 0.243 e. The Labute approximate surface area is 196 Å². The van der Waals surface area contributed by atoms with E-state index in [9.17, 15) is 13.2 Å². The molecule has 1 fully saturated rings. The number of thiophene rings is 1. The van der Waals surface area contributed by atoms with Crippen LogP contribution in [0.4, 0.5) is 5.69 Å². The SMILES string of the molecule is Cc1sc2ncnc(SCC(=O)Nc3ccc(S(=O)(=O)N4CCCCCC4)cc3)c2c1C. The lowest BCUT2D eigenvalue weighted by Gasteiger charge is -2.20. The Morgan fingerprint density at radius 3 is 2.47 bits per heavy atom. The third-order valence-electron chi connectivity index (χ3n) is 5.61. The highest BCUT2D eigenvalue weighted by atomic mass is 32.2. The van der Waals surface area contributed by atoms with Crippen LogP contribution in [-0.2, 0) is 14.8 Å². The number of thioether (sulfide) groups is 1. The number of carbonyl (C=O) groups is 1. The minimum Gasteiger partial charge on any atom is -0.325 e. The second kappa shape index (κ2) is 9.86. The Balaban J connectivity index is 1.39. The van der Waals surface area contributed by atoms with Gasteiger partial charge in [-0.3, -0.25) is 4.79 Å². The molecule has 1 saturated heterocycles. The maximum Gasteiger partial charge on any atom is 0.243 e. The van der Waals surface area contributed by atoms with E-state index in [1.165, 1.54) is 23.0 Å². The number of aromatic nitrogens is 2. The molecule has 3 aromatic rings. The quantitative estimate of drug-likeness (QED) is 0.401. The Hall–Kier alpha value is -2.01. The van der Waals surface area contributed by atoms with Crippen LogP contribution in [0, 0.1) is 13.8 Å². The first-order valence-electron chi connectivity index (χ1n) is 10.6. The van der Waals surface area contributed by atoms with Gasteiger partial charge in [0.1, 0.15) is 16.2 Å². The van der Waals surface area contributed by atoms with E-state index >= 15 is 0 Å². The third-order valence-corrected chi connectivity index (χ3v) is 9.63. The van der Waals surface area contributed by atoms with Gasteiger partial charge in [0.05, 0.1) is 10.6 Å². The molecule has 1 aliphatic rings. The predicted octanol–water partition coefficient (Wildman–Crippen LogP) is 4.60. The first kappa shape index (κ1) is 23.2. The van der Waals surface area contributed by atoms with Crippen molar-refractivity contribution in [2.45, 2.75) is 49.5 Å². The average molecular weight is 491 g/mol. The lowest BCUT2D eigenvalue weighted by molar-refractivity contribution is -0.113. The van der Waals surface area contributed by atoms with Gasteiger partial charge in [-0.1, -0.05) is 24.6 Å². The van der Waals surface area contributed by atoms with Gasteiger partial charge in [0, 0.05) is 29.0 Å². The van der Waals surface area contributed by atoms with E-state index in [4.69, 9.17) is 0 Å². The molecule has 0 saturated carbocycles. The highest BCUT2D eigenvalue weighted by molar-refractivity contribution is 8.00. The van der Waals surface area contributed by atoms with Crippen molar-refractivity contribution in [2.75, 3.05) is 24.2 Å². The summed E-state index contributed by atoms with van der Waals surface area (Å²) in [5.74, 6) is 0.0309. The van der Waals surface area contributed by atoms with Crippen molar-refractivity contribution in [3.05, 3.63) is 41.0 Å². The van der Waals surface area contributed by atoms with Gasteiger partial charge < -0.3 is 5.32 Å². The molecule has 1 amide bonds. The van der Waals surface area contributed by atoms with Crippen molar-refractivity contribution in [1.29, 1.82) is 0 Å². The Morgan fingerprint density at radius 1 is 1.09 bits per heavy atom. The summed E-state index contributed by atoms with van der Waals surface area (Å²) in [5, 5.41) is 4.65. The third kappa shape index (κ3) is 4.98. The van der Waals surface area contributed by atoms with Crippen LogP contribution in [0.1, 0.15) is 36.1 Å². The normalized spacial score (nSPS) is 15.6. The largest absolute Gasteiger partial charge is 0.325 e. The van der Waals surface area contributed by atoms with E-state index in [1.54, 1.807) is 39.9 Å². The second-order valence-corrected chi connectivity index (χ2v) is 11.9. The number of anilines is 1. The molecule has 0 atom stereocenters. The monoisotopic (exact) mass is 490 g/mol. The van der Waals surface area contributed by atoms with Crippen LogP contribution in [0.25, 0.3) is 10.2 Å². The zero-order valence-electron chi connectivity index (χ0n) is 18.1. The summed E-state index contributed by atoms with van der Waals surface area (Å²) in [6.45, 7) is 5.23. The highest BCUT2D eigenvalue weighted by Crippen LogP contribution is 2.34. The van der Waals surface area contributed by atoms with E-state index in [0.29, 0.717) is 18.8 Å². The number of hydrogen-bond acceptors (Lipinski definition) is 7. The van der Waals surface area contributed by atoms with E-state index in [-0.39, 0.29) is 16.6 Å². The number of rotatable bonds is 6. The minimum absolute atomic E-state index is 0.172. The van der Waals surface area contributed by atoms with Crippen molar-refractivity contribution in [3.8, 4) is 0 Å². The summed E-state index contributed by atoms with van der Waals surface area (Å²) in [5.41, 5.74) is 1.72. The number of nitrogens with zero attached hydrogens (tertiary/aromatic N) is 3. The average Bonchev–Trinajstić information content (AvgIpc) is 2.96. The number of amides is 1. The number of aryl methyl sites for hydroxylation is 2. The first-order chi connectivity index (χ1) is 15.4. The van der Waals surface area contributed by atoms with Crippen LogP contribution >= 0.6 is 23.1 Å². The number of benzene rings is 1. The van der Waals surface area contributed by atoms with Gasteiger partial charge in [0.25, 0.3) is 0 Å². The van der Waals surface area contributed by atoms with E-state index in [1.807, 2.05) is 6.92 Å². The molecule has 10 heteroatoms. The van der Waals surface area contributed by atoms with Crippen molar-refractivity contribution in [1.82, 2.24) is 14.3 Å². The Bertz CT molecular complexity index is 1220. The molecule has 4 rings (SSSR count). The van der Waals surface area contributed by atoms with Gasteiger partial charge in [0.2, 0.25) is 15.9 Å². The molecule has 1 N–H and O–H groups in total. The fourth-order valence-corrected chi connectivity index (χ4v) is 7.17. The molecule has 7 nitrogen and oxygen atoms in total. The summed E-state index contributed by atoms with van der Waals surface area (Å²) in [6.07, 6.45) is 5.46. The van der Waals surface area contributed by atoms with Gasteiger partial charge in [-0.2, -0.15) is 4.31 Å². The summed E-state index contributed by atoms with van der Waals surface area (Å²) in [4.78, 5) is 23.6. The number of hydrogen-bond donors (Lipinski definition) is 1. The maximum atomic E-state index is 12.9. The fraction of sp³-hybridized carbons (Fsp3) is 0.409. The number of carbonyl (C=O) groups excluding carboxylic acids is 1. The summed E-state index contributed by atoms with van der Waals surface area (Å²) < 4.78 is 27.4. The van der Waals surface area contributed by atoms with Crippen LogP contribution in [-0.4, -0.2) is 47.4 Å². The van der Waals surface area contributed by atoms with Crippen molar-refractivity contribution >= 4 is 54.9 Å². The molecular weight excluding hydrogens is 464 g/mol. The zero-order valence-corrected chi connectivity index (χ0v) is 20.6. The van der Waals surface area contributed by atoms with Gasteiger partial charge in [-0.15, -0.1) is 11.3 Å². The fourth-order valence-electron chi connectivity index (χ4n) is 3.73. The van der Waals surface area contributed by atoms with Crippen molar-refractivity contribution < 1.29 is 13.2 Å². The highest BCUT2D eigenvalue weighted by Gasteiger charge is 2.25. The number of sulfonamides is 1. The van der Waals surface area contributed by atoms with E-state index < -0.39 is 10.0 Å². The second-order valence-electron chi connectivity index (χ2n) is 7.82. The van der Waals surface area contributed by atoms with Crippen LogP contribution in [0.5, 0.6) is 0 Å². The van der Waals surface area contributed by atoms with Crippen LogP contribution < -0.4 is 5.32 Å². The Kier molecular flexibility index (Phi) is 7.14. The Morgan fingerprint density at radius 2 is 1.78 bits per heavy atom. The first-order valence-corrected chi connectivity index (χ1v) is 13.8. The molecule has 170 valence electrons. The predicted molar refractivity (Wildman–Crippen MR) is 130 cm³/mol. The van der Waals surface area contributed by atoms with Gasteiger partial charge in [0.15, 0.2) is 0 Å². The van der Waals surface area contributed by atoms with Crippen molar-refractivity contribution in [2.24, 2.45) is 0 Å². The lowest BCUT2D eigenvalue weighted by atomic mass is 10.2. The molecule has 0 bridgehead atoms. The van der Waals surface area contributed by atoms with Crippen LogP contribution in [0.15, 0.2) is 40.5 Å². The molecule has 3 heterocycles. The topological polar surface area (TPSA) is 92.3 Å². The van der Waals surface area contributed by atoms with E-state index in [2.05, 4.69) is 22.2 Å². The lowest BCUT2D eigenvalue weighted by Crippen LogP contribution is -2.31. The summed E-state index contributed by atoms with van der Waals surface area (Å²) in [6, 6.07) is 6.41. The molecule has 0 spiro atoms. The molecule has 1 aliphatic heterocycles. The maximum absolute atomic E-state index is 12.9. The minimum atomic E-state index is -3.50. The molecule has 0 unspecified atom stereocenters. The van der Waals surface area contributed by atoms with Crippen molar-refractivity contribution in [3.63, 3.8) is 0 Å². The number of fused-ring (bicyclic) bond motifs is 1. The molecule has 1 aromatic carbocycles. The summed E-state index contributed by atoms with van der Waals surface area (Å²) in [7, 11) is -3.50. The molecule has 2 aromatic heterocycles. The van der Waals surface area contributed by atoms with Crippen LogP contribution in [0.3, 0.4) is 0 Å². The molecule has 0 aliphatic carbocycles. The molecule has 0 radical (unpaired) electrons. The summed E-state index contributed by atoms with van der Waals surface area (Å²) >= 11 is 3.00. The standard InChI is InChI=1S/C22H26N4O3S3/c1-15-16(2)31-22-20(15)21(23-14-24-22)30-13-19(27)25-17-7-9-18(10-8-17)32(28,29)26-11-5-3-4-6-12-26/h7-10,14H,3-6,11-13H2,1-2H3,(H,25,27). The number of nitrogens with one attached hydrogen (secondary N) is 1.